The molecule has 0 radical (unpaired) electrons. The first kappa shape index (κ1) is 9.05. The number of hydrogen-bond donors (Lipinski definition) is 1. The minimum Gasteiger partial charge on any atom is -0.465 e. The summed E-state index contributed by atoms with van der Waals surface area (Å²) in [6, 6.07) is 0. The number of hydrogen-bond acceptors (Lipinski definition) is 2. The Morgan fingerprint density at radius 2 is 2.29 bits per heavy atom. The highest BCUT2D eigenvalue weighted by atomic mass is 16.4. The van der Waals surface area contributed by atoms with Gasteiger partial charge < -0.3 is 10.0 Å². The second kappa shape index (κ2) is 3.01. The number of rotatable bonds is 0. The second-order valence-corrected chi connectivity index (χ2v) is 3.59. The highest BCUT2D eigenvalue weighted by molar-refractivity contribution is 5.65. The second-order valence-electron chi connectivity index (χ2n) is 3.59. The molecule has 0 atom stereocenters. The van der Waals surface area contributed by atoms with Crippen molar-refractivity contribution in [1.82, 2.24) is 14.7 Å². The van der Waals surface area contributed by atoms with Crippen molar-refractivity contribution in [2.75, 3.05) is 6.54 Å². The van der Waals surface area contributed by atoms with Crippen LogP contribution in [-0.2, 0) is 20.0 Å². The highest BCUT2D eigenvalue weighted by Gasteiger charge is 2.24. The maximum Gasteiger partial charge on any atom is 0.407 e. The monoisotopic (exact) mass is 195 g/mol. The lowest BCUT2D eigenvalue weighted by Gasteiger charge is -2.24. The van der Waals surface area contributed by atoms with E-state index in [1.807, 2.05) is 18.7 Å². The zero-order chi connectivity index (χ0) is 10.3. The third-order valence-electron chi connectivity index (χ3n) is 2.71. The molecule has 0 aromatic carbocycles. The van der Waals surface area contributed by atoms with E-state index in [0.717, 1.165) is 17.7 Å². The predicted molar refractivity (Wildman–Crippen MR) is 50.1 cm³/mol. The Labute approximate surface area is 81.9 Å². The number of carboxylic acid groups (broad SMARTS) is 1. The molecule has 1 aliphatic heterocycles. The van der Waals surface area contributed by atoms with Crippen LogP contribution in [0.2, 0.25) is 0 Å². The molecule has 0 unspecified atom stereocenters. The van der Waals surface area contributed by atoms with Crippen molar-refractivity contribution in [3.63, 3.8) is 0 Å². The molecule has 1 aromatic rings. The lowest BCUT2D eigenvalue weighted by Crippen LogP contribution is -2.35. The first-order valence-corrected chi connectivity index (χ1v) is 4.59. The van der Waals surface area contributed by atoms with Gasteiger partial charge in [-0.25, -0.2) is 4.79 Å². The van der Waals surface area contributed by atoms with Gasteiger partial charge in [0.1, 0.15) is 0 Å². The molecule has 0 bridgehead atoms. The van der Waals surface area contributed by atoms with Crippen LogP contribution >= 0.6 is 0 Å². The van der Waals surface area contributed by atoms with E-state index in [-0.39, 0.29) is 0 Å². The molecule has 5 nitrogen and oxygen atoms in total. The van der Waals surface area contributed by atoms with Gasteiger partial charge in [0, 0.05) is 31.3 Å². The molecular weight excluding hydrogens is 182 g/mol. The molecule has 0 spiro atoms. The Bertz CT molecular complexity index is 384. The number of fused-ring (bicyclic) bond motifs is 1. The average molecular weight is 195 g/mol. The quantitative estimate of drug-likeness (QED) is 0.665. The first-order valence-electron chi connectivity index (χ1n) is 4.59. The van der Waals surface area contributed by atoms with Gasteiger partial charge in [-0.05, 0) is 6.92 Å². The molecule has 0 aliphatic carbocycles. The smallest absolute Gasteiger partial charge is 0.407 e. The van der Waals surface area contributed by atoms with E-state index in [2.05, 4.69) is 5.10 Å². The van der Waals surface area contributed by atoms with Crippen LogP contribution in [0.3, 0.4) is 0 Å². The van der Waals surface area contributed by atoms with Gasteiger partial charge in [-0.2, -0.15) is 5.10 Å². The van der Waals surface area contributed by atoms with Crippen molar-refractivity contribution in [2.24, 2.45) is 7.05 Å². The van der Waals surface area contributed by atoms with E-state index in [1.54, 1.807) is 0 Å². The van der Waals surface area contributed by atoms with Crippen LogP contribution in [0.1, 0.15) is 17.0 Å². The number of aryl methyl sites for hydroxylation is 2. The Morgan fingerprint density at radius 1 is 1.57 bits per heavy atom. The van der Waals surface area contributed by atoms with E-state index >= 15 is 0 Å². The van der Waals surface area contributed by atoms with Crippen molar-refractivity contribution in [3.05, 3.63) is 17.0 Å². The van der Waals surface area contributed by atoms with Gasteiger partial charge in [-0.3, -0.25) is 4.68 Å². The SMILES string of the molecule is Cc1nn(C)c2c1CN(C(=O)O)CC2. The van der Waals surface area contributed by atoms with Gasteiger partial charge in [0.25, 0.3) is 0 Å². The molecule has 1 aliphatic rings. The van der Waals surface area contributed by atoms with E-state index < -0.39 is 6.09 Å². The summed E-state index contributed by atoms with van der Waals surface area (Å²) in [7, 11) is 1.91. The topological polar surface area (TPSA) is 58.4 Å². The number of aromatic nitrogens is 2. The zero-order valence-electron chi connectivity index (χ0n) is 8.32. The standard InChI is InChI=1S/C9H13N3O2/c1-6-7-5-12(9(13)14)4-3-8(7)11(2)10-6/h3-5H2,1-2H3,(H,13,14). The van der Waals surface area contributed by atoms with Gasteiger partial charge in [0.2, 0.25) is 0 Å². The summed E-state index contributed by atoms with van der Waals surface area (Å²) < 4.78 is 1.85. The fourth-order valence-corrected chi connectivity index (χ4v) is 1.94. The third kappa shape index (κ3) is 1.25. The molecule has 1 aromatic heterocycles. The van der Waals surface area contributed by atoms with Gasteiger partial charge in [0.05, 0.1) is 12.2 Å². The van der Waals surface area contributed by atoms with Crippen molar-refractivity contribution < 1.29 is 9.90 Å². The maximum atomic E-state index is 10.8. The van der Waals surface area contributed by atoms with Crippen molar-refractivity contribution in [2.45, 2.75) is 19.9 Å². The first-order chi connectivity index (χ1) is 6.59. The van der Waals surface area contributed by atoms with Gasteiger partial charge in [0.15, 0.2) is 0 Å². The number of nitrogens with zero attached hydrogens (tertiary/aromatic N) is 3. The summed E-state index contributed by atoms with van der Waals surface area (Å²) >= 11 is 0. The Kier molecular flexibility index (Phi) is 1.94. The van der Waals surface area contributed by atoms with E-state index in [9.17, 15) is 4.79 Å². The fourth-order valence-electron chi connectivity index (χ4n) is 1.94. The van der Waals surface area contributed by atoms with Crippen molar-refractivity contribution >= 4 is 6.09 Å². The molecule has 1 amide bonds. The molecule has 14 heavy (non-hydrogen) atoms. The van der Waals surface area contributed by atoms with Crippen LogP contribution in [0.25, 0.3) is 0 Å². The molecule has 0 saturated carbocycles. The molecular formula is C9H13N3O2. The average Bonchev–Trinajstić information content (AvgIpc) is 2.42. The lowest BCUT2D eigenvalue weighted by atomic mass is 10.1. The Morgan fingerprint density at radius 3 is 2.93 bits per heavy atom. The van der Waals surface area contributed by atoms with Crippen LogP contribution in [0.4, 0.5) is 4.79 Å². The summed E-state index contributed by atoms with van der Waals surface area (Å²) in [5.41, 5.74) is 3.18. The number of amides is 1. The zero-order valence-corrected chi connectivity index (χ0v) is 8.32. The van der Waals surface area contributed by atoms with Crippen molar-refractivity contribution in [3.8, 4) is 0 Å². The van der Waals surface area contributed by atoms with Crippen LogP contribution in [0.5, 0.6) is 0 Å². The van der Waals surface area contributed by atoms with E-state index in [0.29, 0.717) is 13.1 Å². The van der Waals surface area contributed by atoms with Gasteiger partial charge >= 0.3 is 6.09 Å². The van der Waals surface area contributed by atoms with Gasteiger partial charge in [-0.1, -0.05) is 0 Å². The summed E-state index contributed by atoms with van der Waals surface area (Å²) in [5.74, 6) is 0. The summed E-state index contributed by atoms with van der Waals surface area (Å²) in [5, 5.41) is 13.1. The minimum atomic E-state index is -0.848. The Hall–Kier alpha value is -1.52. The minimum absolute atomic E-state index is 0.477. The Balaban J connectivity index is 2.34. The van der Waals surface area contributed by atoms with E-state index in [1.165, 1.54) is 10.6 Å². The fraction of sp³-hybridized carbons (Fsp3) is 0.556. The largest absolute Gasteiger partial charge is 0.465 e. The number of carbonyl (C=O) groups is 1. The van der Waals surface area contributed by atoms with Crippen LogP contribution < -0.4 is 0 Å². The van der Waals surface area contributed by atoms with Crippen LogP contribution in [-0.4, -0.2) is 32.4 Å². The van der Waals surface area contributed by atoms with Crippen LogP contribution in [0.15, 0.2) is 0 Å². The summed E-state index contributed by atoms with van der Waals surface area (Å²) in [4.78, 5) is 12.2. The molecule has 2 rings (SSSR count). The maximum absolute atomic E-state index is 10.8. The lowest BCUT2D eigenvalue weighted by molar-refractivity contribution is 0.139. The van der Waals surface area contributed by atoms with Crippen molar-refractivity contribution in [1.29, 1.82) is 0 Å². The normalized spacial score (nSPS) is 15.4. The molecule has 0 saturated heterocycles. The van der Waals surface area contributed by atoms with Gasteiger partial charge in [-0.15, -0.1) is 0 Å². The highest BCUT2D eigenvalue weighted by Crippen LogP contribution is 2.21. The molecule has 5 heteroatoms. The molecule has 0 fully saturated rings. The summed E-state index contributed by atoms with van der Waals surface area (Å²) in [6.45, 7) is 2.97. The summed E-state index contributed by atoms with van der Waals surface area (Å²) in [6.07, 6.45) is -0.0854. The molecule has 76 valence electrons. The molecule has 2 heterocycles. The molecule has 1 N–H and O–H groups in total. The van der Waals surface area contributed by atoms with Crippen LogP contribution in [0, 0.1) is 6.92 Å². The predicted octanol–water partition coefficient (Wildman–Crippen LogP) is 0.765. The van der Waals surface area contributed by atoms with E-state index in [4.69, 9.17) is 5.11 Å². The third-order valence-corrected chi connectivity index (χ3v) is 2.71.